The van der Waals surface area contributed by atoms with Gasteiger partial charge in [0.1, 0.15) is 11.4 Å². The molecule has 0 spiro atoms. The van der Waals surface area contributed by atoms with Gasteiger partial charge in [0.05, 0.1) is 22.6 Å². The molecule has 2 heterocycles. The molecule has 188 valence electrons. The molecule has 4 rings (SSSR count). The highest BCUT2D eigenvalue weighted by atomic mass is 35.5. The van der Waals surface area contributed by atoms with Crippen LogP contribution in [0.15, 0.2) is 24.3 Å². The number of hydrogen-bond donors (Lipinski definition) is 1. The zero-order chi connectivity index (χ0) is 25.5. The molecule has 7 nitrogen and oxygen atoms in total. The first-order valence-corrected chi connectivity index (χ1v) is 12.2. The first-order chi connectivity index (χ1) is 16.5. The number of aryl methyl sites for hydroxylation is 1. The molecule has 1 aliphatic heterocycles. The molecular formula is C26H33ClFN5O2. The normalized spacial score (nSPS) is 14.6. The summed E-state index contributed by atoms with van der Waals surface area (Å²) in [5.41, 5.74) is 11.6. The number of amides is 1. The average molecular weight is 502 g/mol. The van der Waals surface area contributed by atoms with E-state index in [0.29, 0.717) is 39.3 Å². The van der Waals surface area contributed by atoms with Crippen molar-refractivity contribution in [2.75, 3.05) is 31.1 Å². The first kappa shape index (κ1) is 25.3. The van der Waals surface area contributed by atoms with Gasteiger partial charge in [0.25, 0.3) is 0 Å². The number of benzene rings is 2. The maximum Gasteiger partial charge on any atom is 0.410 e. The topological polar surface area (TPSA) is 76.6 Å². The van der Waals surface area contributed by atoms with Gasteiger partial charge in [0.2, 0.25) is 5.95 Å². The molecule has 0 unspecified atom stereocenters. The second-order valence-electron chi connectivity index (χ2n) is 10.1. The Morgan fingerprint density at radius 3 is 2.46 bits per heavy atom. The zero-order valence-corrected chi connectivity index (χ0v) is 21.7. The number of aromatic nitrogens is 2. The number of carbonyl (C=O) groups is 1. The van der Waals surface area contributed by atoms with E-state index in [1.54, 1.807) is 17.0 Å². The summed E-state index contributed by atoms with van der Waals surface area (Å²) >= 11 is 6.07. The average Bonchev–Trinajstić information content (AvgIpc) is 3.13. The highest BCUT2D eigenvalue weighted by molar-refractivity contribution is 6.30. The Morgan fingerprint density at radius 2 is 1.86 bits per heavy atom. The predicted molar refractivity (Wildman–Crippen MR) is 138 cm³/mol. The van der Waals surface area contributed by atoms with Gasteiger partial charge in [0, 0.05) is 32.7 Å². The minimum atomic E-state index is -0.535. The van der Waals surface area contributed by atoms with Crippen LogP contribution in [0.1, 0.15) is 43.0 Å². The minimum Gasteiger partial charge on any atom is -0.444 e. The van der Waals surface area contributed by atoms with Gasteiger partial charge in [-0.2, -0.15) is 0 Å². The van der Waals surface area contributed by atoms with Crippen LogP contribution >= 0.6 is 11.6 Å². The summed E-state index contributed by atoms with van der Waals surface area (Å²) in [5, 5.41) is 0.0918. The van der Waals surface area contributed by atoms with E-state index in [1.165, 1.54) is 6.07 Å². The molecule has 2 aromatic carbocycles. The van der Waals surface area contributed by atoms with Crippen LogP contribution < -0.4 is 10.6 Å². The number of halogens is 2. The fraction of sp³-hybridized carbons (Fsp3) is 0.462. The summed E-state index contributed by atoms with van der Waals surface area (Å²) in [6.07, 6.45) is -0.303. The van der Waals surface area contributed by atoms with Crippen molar-refractivity contribution >= 4 is 34.7 Å². The van der Waals surface area contributed by atoms with Crippen LogP contribution in [0.5, 0.6) is 0 Å². The summed E-state index contributed by atoms with van der Waals surface area (Å²) in [4.78, 5) is 21.5. The molecule has 35 heavy (non-hydrogen) atoms. The maximum atomic E-state index is 13.8. The lowest BCUT2D eigenvalue weighted by Crippen LogP contribution is -2.50. The van der Waals surface area contributed by atoms with Crippen molar-refractivity contribution in [1.82, 2.24) is 14.5 Å². The van der Waals surface area contributed by atoms with Gasteiger partial charge < -0.3 is 24.8 Å². The number of nitrogens with two attached hydrogens (primary N) is 1. The van der Waals surface area contributed by atoms with Gasteiger partial charge in [-0.05, 0) is 75.1 Å². The summed E-state index contributed by atoms with van der Waals surface area (Å²) < 4.78 is 21.5. The Morgan fingerprint density at radius 1 is 1.17 bits per heavy atom. The van der Waals surface area contributed by atoms with Crippen LogP contribution in [0.25, 0.3) is 11.0 Å². The summed E-state index contributed by atoms with van der Waals surface area (Å²) in [7, 11) is 0. The van der Waals surface area contributed by atoms with Crippen molar-refractivity contribution in [3.05, 3.63) is 57.4 Å². The van der Waals surface area contributed by atoms with Crippen LogP contribution in [0.3, 0.4) is 0 Å². The summed E-state index contributed by atoms with van der Waals surface area (Å²) in [5.74, 6) is 0.352. The summed E-state index contributed by atoms with van der Waals surface area (Å²) in [6.45, 7) is 12.9. The molecule has 1 fully saturated rings. The van der Waals surface area contributed by atoms with Crippen molar-refractivity contribution in [1.29, 1.82) is 0 Å². The lowest BCUT2D eigenvalue weighted by atomic mass is 10.0. The number of fused-ring (bicyclic) bond motifs is 1. The Labute approximate surface area is 210 Å². The zero-order valence-electron chi connectivity index (χ0n) is 21.0. The van der Waals surface area contributed by atoms with Gasteiger partial charge >= 0.3 is 6.09 Å². The molecule has 9 heteroatoms. The van der Waals surface area contributed by atoms with E-state index in [0.717, 1.165) is 39.2 Å². The van der Waals surface area contributed by atoms with Gasteiger partial charge in [-0.1, -0.05) is 17.7 Å². The van der Waals surface area contributed by atoms with Crippen LogP contribution in [-0.4, -0.2) is 52.3 Å². The van der Waals surface area contributed by atoms with E-state index in [2.05, 4.69) is 29.4 Å². The Kier molecular flexibility index (Phi) is 6.97. The van der Waals surface area contributed by atoms with Gasteiger partial charge in [-0.25, -0.2) is 14.2 Å². The van der Waals surface area contributed by atoms with Gasteiger partial charge in [0.15, 0.2) is 0 Å². The molecule has 0 bridgehead atoms. The van der Waals surface area contributed by atoms with Gasteiger partial charge in [-0.3, -0.25) is 0 Å². The molecule has 3 aromatic rings. The van der Waals surface area contributed by atoms with E-state index in [1.807, 2.05) is 20.8 Å². The Hall–Kier alpha value is -2.84. The minimum absolute atomic E-state index is 0.0918. The largest absolute Gasteiger partial charge is 0.444 e. The number of rotatable bonds is 4. The number of imidazole rings is 1. The Bertz CT molecular complexity index is 1260. The molecule has 1 saturated heterocycles. The number of carbonyl (C=O) groups excluding carboxylic acids is 1. The number of nitrogens with zero attached hydrogens (tertiary/aromatic N) is 4. The van der Waals surface area contributed by atoms with Crippen molar-refractivity contribution in [3.8, 4) is 0 Å². The smallest absolute Gasteiger partial charge is 0.410 e. The molecule has 0 atom stereocenters. The summed E-state index contributed by atoms with van der Waals surface area (Å²) in [6, 6.07) is 6.90. The van der Waals surface area contributed by atoms with Crippen LogP contribution in [-0.2, 0) is 17.8 Å². The lowest BCUT2D eigenvalue weighted by molar-refractivity contribution is 0.0240. The number of anilines is 1. The third-order valence-corrected chi connectivity index (χ3v) is 6.70. The van der Waals surface area contributed by atoms with Gasteiger partial charge in [-0.15, -0.1) is 0 Å². The second-order valence-corrected chi connectivity index (χ2v) is 10.5. The third kappa shape index (κ3) is 5.23. The molecule has 1 aliphatic rings. The molecule has 1 amide bonds. The van der Waals surface area contributed by atoms with Crippen molar-refractivity contribution in [2.24, 2.45) is 5.73 Å². The molecule has 2 N–H and O–H groups in total. The van der Waals surface area contributed by atoms with Crippen LogP contribution in [0.2, 0.25) is 5.02 Å². The molecule has 0 saturated carbocycles. The highest BCUT2D eigenvalue weighted by Crippen LogP contribution is 2.31. The Balaban J connectivity index is 1.71. The molecule has 1 aromatic heterocycles. The van der Waals surface area contributed by atoms with Crippen molar-refractivity contribution < 1.29 is 13.9 Å². The van der Waals surface area contributed by atoms with Crippen molar-refractivity contribution in [2.45, 2.75) is 53.3 Å². The standard InChI is InChI=1S/C26H33ClFN5O2/c1-16-12-22-23(19(14-29)17(16)2)30-24(33(22)15-18-6-7-21(28)20(27)13-18)31-8-10-32(11-9-31)25(34)35-26(3,4)5/h6-7,12-13H,8-11,14-15,29H2,1-5H3. The highest BCUT2D eigenvalue weighted by Gasteiger charge is 2.28. The van der Waals surface area contributed by atoms with Crippen molar-refractivity contribution in [3.63, 3.8) is 0 Å². The van der Waals surface area contributed by atoms with E-state index < -0.39 is 11.4 Å². The molecule has 0 aliphatic carbocycles. The van der Waals surface area contributed by atoms with E-state index in [-0.39, 0.29) is 11.1 Å². The van der Waals surface area contributed by atoms with Crippen LogP contribution in [0, 0.1) is 19.7 Å². The predicted octanol–water partition coefficient (Wildman–Crippen LogP) is 5.01. The molecular weight excluding hydrogens is 469 g/mol. The fourth-order valence-electron chi connectivity index (χ4n) is 4.43. The van der Waals surface area contributed by atoms with E-state index in [4.69, 9.17) is 27.1 Å². The monoisotopic (exact) mass is 501 g/mol. The number of piperazine rings is 1. The molecule has 0 radical (unpaired) electrons. The van der Waals surface area contributed by atoms with E-state index >= 15 is 0 Å². The number of hydrogen-bond acceptors (Lipinski definition) is 5. The van der Waals surface area contributed by atoms with Crippen LogP contribution in [0.4, 0.5) is 15.1 Å². The SMILES string of the molecule is Cc1cc2c(nc(N3CCN(C(=O)OC(C)(C)C)CC3)n2Cc2ccc(F)c(Cl)c2)c(CN)c1C. The third-order valence-electron chi connectivity index (χ3n) is 6.41. The number of ether oxygens (including phenoxy) is 1. The lowest BCUT2D eigenvalue weighted by Gasteiger charge is -2.36. The second kappa shape index (κ2) is 9.66. The van der Waals surface area contributed by atoms with E-state index in [9.17, 15) is 9.18 Å². The first-order valence-electron chi connectivity index (χ1n) is 11.8. The quantitative estimate of drug-likeness (QED) is 0.543. The fourth-order valence-corrected chi connectivity index (χ4v) is 4.64. The maximum absolute atomic E-state index is 13.8.